The molecule has 0 saturated heterocycles. The molecule has 0 heterocycles. The van der Waals surface area contributed by atoms with Crippen LogP contribution in [0.1, 0.15) is 49.3 Å². The van der Waals surface area contributed by atoms with E-state index in [0.717, 1.165) is 11.1 Å². The number of carbonyl (C=O) groups excluding carboxylic acids is 1. The van der Waals surface area contributed by atoms with E-state index in [-0.39, 0.29) is 22.4 Å². The van der Waals surface area contributed by atoms with E-state index in [1.165, 1.54) is 13.8 Å². The van der Waals surface area contributed by atoms with Crippen LogP contribution < -0.4 is 11.1 Å². The van der Waals surface area contributed by atoms with Gasteiger partial charge in [0.25, 0.3) is 5.91 Å². The molecule has 3 N–H and O–H groups in total. The fourth-order valence-corrected chi connectivity index (χ4v) is 3.73. The van der Waals surface area contributed by atoms with Crippen LogP contribution in [-0.4, -0.2) is 18.3 Å². The van der Waals surface area contributed by atoms with Gasteiger partial charge < -0.3 is 11.1 Å². The predicted octanol–water partition coefficient (Wildman–Crippen LogP) is 6.66. The minimum atomic E-state index is -6.22. The number of hydrogen-bond donors (Lipinski definition) is 2. The molecule has 0 atom stereocenters. The van der Waals surface area contributed by atoms with E-state index < -0.39 is 29.5 Å². The molecular formula is C22H23F7N2O. The van der Waals surface area contributed by atoms with Gasteiger partial charge in [-0.1, -0.05) is 12.1 Å². The van der Waals surface area contributed by atoms with Gasteiger partial charge in [-0.25, -0.2) is 4.39 Å². The van der Waals surface area contributed by atoms with Crippen molar-refractivity contribution in [1.29, 1.82) is 0 Å². The highest BCUT2D eigenvalue weighted by molar-refractivity contribution is 6.08. The number of hydrogen-bond acceptors (Lipinski definition) is 2. The van der Waals surface area contributed by atoms with Crippen molar-refractivity contribution < 1.29 is 35.5 Å². The number of rotatable bonds is 3. The Labute approximate surface area is 180 Å². The summed E-state index contributed by atoms with van der Waals surface area (Å²) in [4.78, 5) is 13.0. The summed E-state index contributed by atoms with van der Waals surface area (Å²) in [7, 11) is 0. The van der Waals surface area contributed by atoms with Crippen LogP contribution in [0.3, 0.4) is 0 Å². The second kappa shape index (κ2) is 7.97. The fourth-order valence-electron chi connectivity index (χ4n) is 3.73. The van der Waals surface area contributed by atoms with Gasteiger partial charge in [-0.3, -0.25) is 4.79 Å². The molecule has 32 heavy (non-hydrogen) atoms. The largest absolute Gasteiger partial charge is 0.435 e. The lowest BCUT2D eigenvalue weighted by Gasteiger charge is -2.31. The molecule has 0 unspecified atom stereocenters. The molecule has 10 heteroatoms. The number of aryl methyl sites for hydroxylation is 2. The first-order valence-electron chi connectivity index (χ1n) is 9.47. The van der Waals surface area contributed by atoms with E-state index in [1.54, 1.807) is 27.7 Å². The van der Waals surface area contributed by atoms with Gasteiger partial charge in [0.05, 0.1) is 0 Å². The molecule has 0 aliphatic carbocycles. The highest BCUT2D eigenvalue weighted by Gasteiger charge is 2.73. The van der Waals surface area contributed by atoms with E-state index >= 15 is 0 Å². The molecule has 1 amide bonds. The molecule has 0 radical (unpaired) electrons. The molecule has 2 aromatic rings. The summed E-state index contributed by atoms with van der Waals surface area (Å²) in [6.07, 6.45) is -12.4. The van der Waals surface area contributed by atoms with Gasteiger partial charge >= 0.3 is 18.0 Å². The molecule has 0 spiro atoms. The third-order valence-electron chi connectivity index (χ3n) is 5.86. The maximum absolute atomic E-state index is 14.4. The van der Waals surface area contributed by atoms with Crippen molar-refractivity contribution in [2.75, 3.05) is 11.1 Å². The Hall–Kier alpha value is -2.78. The number of carbonyl (C=O) groups is 1. The van der Waals surface area contributed by atoms with Crippen LogP contribution in [0.4, 0.5) is 42.1 Å². The van der Waals surface area contributed by atoms with Gasteiger partial charge in [0.2, 0.25) is 0 Å². The van der Waals surface area contributed by atoms with Gasteiger partial charge in [0.15, 0.2) is 0 Å². The van der Waals surface area contributed by atoms with Gasteiger partial charge in [-0.05, 0) is 74.9 Å². The third kappa shape index (κ3) is 3.91. The van der Waals surface area contributed by atoms with Crippen molar-refractivity contribution >= 4 is 17.3 Å². The molecular weight excluding hydrogens is 441 g/mol. The standard InChI is InChI=1S/C22H23F7N2O/c1-9-7-15(20(23,21(24,25)26)22(27,28)29)8-10(2)18(9)31-19(32)16-12(4)11(3)13(5)17(30)14(16)6/h7-8H,30H2,1-6H3,(H,31,32). The second-order valence-electron chi connectivity index (χ2n) is 7.88. The minimum Gasteiger partial charge on any atom is -0.398 e. The number of anilines is 2. The average molecular weight is 464 g/mol. The maximum atomic E-state index is 14.4. The predicted molar refractivity (Wildman–Crippen MR) is 109 cm³/mol. The van der Waals surface area contributed by atoms with Crippen LogP contribution in [0.2, 0.25) is 0 Å². The van der Waals surface area contributed by atoms with Crippen molar-refractivity contribution in [1.82, 2.24) is 0 Å². The van der Waals surface area contributed by atoms with Gasteiger partial charge in [0, 0.05) is 22.5 Å². The third-order valence-corrected chi connectivity index (χ3v) is 5.86. The van der Waals surface area contributed by atoms with E-state index in [1.807, 2.05) is 0 Å². The monoisotopic (exact) mass is 464 g/mol. The summed E-state index contributed by atoms with van der Waals surface area (Å²) < 4.78 is 93.0. The zero-order valence-corrected chi connectivity index (χ0v) is 18.3. The van der Waals surface area contributed by atoms with Crippen molar-refractivity contribution in [3.8, 4) is 0 Å². The van der Waals surface area contributed by atoms with Crippen molar-refractivity contribution in [3.63, 3.8) is 0 Å². The molecule has 0 saturated carbocycles. The number of amides is 1. The molecule has 3 nitrogen and oxygen atoms in total. The zero-order chi connectivity index (χ0) is 25.0. The average Bonchev–Trinajstić information content (AvgIpc) is 2.65. The van der Waals surface area contributed by atoms with Crippen LogP contribution in [0, 0.1) is 41.5 Å². The Kier molecular flexibility index (Phi) is 6.35. The lowest BCUT2D eigenvalue weighted by atomic mass is 9.90. The molecule has 0 aromatic heterocycles. The highest BCUT2D eigenvalue weighted by Crippen LogP contribution is 2.53. The molecule has 0 bridgehead atoms. The molecule has 2 rings (SSSR count). The summed E-state index contributed by atoms with van der Waals surface area (Å²) >= 11 is 0. The van der Waals surface area contributed by atoms with Crippen LogP contribution >= 0.6 is 0 Å². The van der Waals surface area contributed by atoms with E-state index in [2.05, 4.69) is 5.32 Å². The number of nitrogen functional groups attached to an aromatic ring is 1. The Bertz CT molecular complexity index is 1020. The Morgan fingerprint density at radius 3 is 1.59 bits per heavy atom. The van der Waals surface area contributed by atoms with Crippen molar-refractivity contribution in [2.24, 2.45) is 0 Å². The zero-order valence-electron chi connectivity index (χ0n) is 18.3. The quantitative estimate of drug-likeness (QED) is 0.394. The lowest BCUT2D eigenvalue weighted by Crippen LogP contribution is -2.50. The summed E-state index contributed by atoms with van der Waals surface area (Å²) in [6.45, 7) is 9.29. The maximum Gasteiger partial charge on any atom is 0.435 e. The Morgan fingerprint density at radius 1 is 0.750 bits per heavy atom. The fraction of sp³-hybridized carbons (Fsp3) is 0.409. The minimum absolute atomic E-state index is 0.0129. The normalized spacial score (nSPS) is 12.8. The van der Waals surface area contributed by atoms with E-state index in [9.17, 15) is 35.5 Å². The number of nitrogens with one attached hydrogen (secondary N) is 1. The van der Waals surface area contributed by atoms with Gasteiger partial charge in [0.1, 0.15) is 0 Å². The van der Waals surface area contributed by atoms with E-state index in [0.29, 0.717) is 28.9 Å². The van der Waals surface area contributed by atoms with Crippen LogP contribution in [0.25, 0.3) is 0 Å². The lowest BCUT2D eigenvalue weighted by molar-refractivity contribution is -0.348. The number of alkyl halides is 7. The molecule has 176 valence electrons. The number of benzene rings is 2. The summed E-state index contributed by atoms with van der Waals surface area (Å²) in [5.41, 5.74) is 1.93. The smallest absolute Gasteiger partial charge is 0.398 e. The van der Waals surface area contributed by atoms with Gasteiger partial charge in [-0.15, -0.1) is 0 Å². The molecule has 2 aromatic carbocycles. The SMILES string of the molecule is Cc1cc(C(F)(C(F)(F)F)C(F)(F)F)cc(C)c1NC(=O)c1c(C)c(C)c(C)c(N)c1C. The summed E-state index contributed by atoms with van der Waals surface area (Å²) in [5.74, 6) is -0.632. The first-order chi connectivity index (χ1) is 14.4. The van der Waals surface area contributed by atoms with E-state index in [4.69, 9.17) is 5.73 Å². The molecule has 0 aliphatic heterocycles. The second-order valence-corrected chi connectivity index (χ2v) is 7.88. The Balaban J connectivity index is 2.60. The van der Waals surface area contributed by atoms with Crippen LogP contribution in [0.15, 0.2) is 12.1 Å². The van der Waals surface area contributed by atoms with Gasteiger partial charge in [-0.2, -0.15) is 26.3 Å². The highest BCUT2D eigenvalue weighted by atomic mass is 19.4. The van der Waals surface area contributed by atoms with Crippen molar-refractivity contribution in [3.05, 3.63) is 56.6 Å². The molecule has 0 fully saturated rings. The Morgan fingerprint density at radius 2 is 1.19 bits per heavy atom. The van der Waals surface area contributed by atoms with Crippen LogP contribution in [0.5, 0.6) is 0 Å². The number of nitrogens with two attached hydrogens (primary N) is 1. The first kappa shape index (κ1) is 25.5. The topological polar surface area (TPSA) is 55.1 Å². The van der Waals surface area contributed by atoms with Crippen LogP contribution in [-0.2, 0) is 5.67 Å². The molecule has 0 aliphatic rings. The summed E-state index contributed by atoms with van der Waals surface area (Å²) in [5, 5.41) is 2.53. The number of halogens is 7. The summed E-state index contributed by atoms with van der Waals surface area (Å²) in [6, 6.07) is 0.885. The van der Waals surface area contributed by atoms with Crippen molar-refractivity contribution in [2.45, 2.75) is 59.6 Å². The first-order valence-corrected chi connectivity index (χ1v) is 9.47.